The van der Waals surface area contributed by atoms with E-state index in [0.717, 1.165) is 38.8 Å². The molecule has 2 N–H and O–H groups in total. The number of hydrogen-bond acceptors (Lipinski definition) is 6. The first-order valence-electron chi connectivity index (χ1n) is 8.26. The topological polar surface area (TPSA) is 55.0 Å². The molecule has 4 rings (SSSR count). The molecule has 0 atom stereocenters. The van der Waals surface area contributed by atoms with Crippen molar-refractivity contribution in [1.29, 1.82) is 0 Å². The SMILES string of the molecule is Nc1nc(SCCN2CCCC2)nc2scc(-c3ccccc3)c12. The minimum Gasteiger partial charge on any atom is -0.383 e. The van der Waals surface area contributed by atoms with Crippen LogP contribution in [0.5, 0.6) is 0 Å². The molecule has 0 amide bonds. The summed E-state index contributed by atoms with van der Waals surface area (Å²) in [6, 6.07) is 10.3. The van der Waals surface area contributed by atoms with Crippen LogP contribution in [0.4, 0.5) is 5.82 Å². The highest BCUT2D eigenvalue weighted by Gasteiger charge is 2.15. The Morgan fingerprint density at radius 1 is 1.12 bits per heavy atom. The van der Waals surface area contributed by atoms with Crippen molar-refractivity contribution in [1.82, 2.24) is 14.9 Å². The van der Waals surface area contributed by atoms with E-state index in [0.29, 0.717) is 5.82 Å². The van der Waals surface area contributed by atoms with Gasteiger partial charge in [0, 0.05) is 23.2 Å². The van der Waals surface area contributed by atoms with Crippen LogP contribution in [0.1, 0.15) is 12.8 Å². The highest BCUT2D eigenvalue weighted by molar-refractivity contribution is 7.99. The van der Waals surface area contributed by atoms with E-state index in [1.165, 1.54) is 25.9 Å². The molecule has 4 nitrogen and oxygen atoms in total. The molecule has 2 aromatic heterocycles. The maximum Gasteiger partial charge on any atom is 0.190 e. The third kappa shape index (κ3) is 3.27. The highest BCUT2D eigenvalue weighted by atomic mass is 32.2. The Morgan fingerprint density at radius 3 is 2.71 bits per heavy atom. The van der Waals surface area contributed by atoms with Gasteiger partial charge < -0.3 is 10.6 Å². The van der Waals surface area contributed by atoms with Crippen LogP contribution in [0.3, 0.4) is 0 Å². The standard InChI is InChI=1S/C18H20N4S2/c19-16-15-14(13-6-2-1-3-7-13)12-24-17(15)21-18(20-16)23-11-10-22-8-4-5-9-22/h1-3,6-7,12H,4-5,8-11H2,(H2,19,20,21). The second-order valence-electron chi connectivity index (χ2n) is 5.98. The number of aromatic nitrogens is 2. The zero-order chi connectivity index (χ0) is 16.4. The molecule has 0 bridgehead atoms. The van der Waals surface area contributed by atoms with Gasteiger partial charge in [0.05, 0.1) is 5.39 Å². The molecule has 0 radical (unpaired) electrons. The summed E-state index contributed by atoms with van der Waals surface area (Å²) in [6.07, 6.45) is 2.66. The average Bonchev–Trinajstić information content (AvgIpc) is 3.25. The van der Waals surface area contributed by atoms with Crippen LogP contribution in [0.2, 0.25) is 0 Å². The molecule has 24 heavy (non-hydrogen) atoms. The Kier molecular flexibility index (Phi) is 4.69. The lowest BCUT2D eigenvalue weighted by molar-refractivity contribution is 0.362. The first kappa shape index (κ1) is 15.9. The van der Waals surface area contributed by atoms with E-state index < -0.39 is 0 Å². The summed E-state index contributed by atoms with van der Waals surface area (Å²) in [6.45, 7) is 3.56. The Labute approximate surface area is 150 Å². The smallest absolute Gasteiger partial charge is 0.190 e. The van der Waals surface area contributed by atoms with E-state index in [1.54, 1.807) is 23.1 Å². The monoisotopic (exact) mass is 356 g/mol. The number of nitrogens with zero attached hydrogens (tertiary/aromatic N) is 3. The molecule has 1 aliphatic rings. The van der Waals surface area contributed by atoms with Crippen LogP contribution in [0.25, 0.3) is 21.3 Å². The van der Waals surface area contributed by atoms with Crippen molar-refractivity contribution in [3.63, 3.8) is 0 Å². The number of nitrogens with two attached hydrogens (primary N) is 1. The van der Waals surface area contributed by atoms with Crippen LogP contribution >= 0.6 is 23.1 Å². The lowest BCUT2D eigenvalue weighted by atomic mass is 10.1. The third-order valence-corrected chi connectivity index (χ3v) is 6.06. The summed E-state index contributed by atoms with van der Waals surface area (Å²) in [7, 11) is 0. The van der Waals surface area contributed by atoms with Crippen LogP contribution in [0.15, 0.2) is 40.9 Å². The van der Waals surface area contributed by atoms with Crippen LogP contribution in [0, 0.1) is 0 Å². The zero-order valence-corrected chi connectivity index (χ0v) is 15.1. The fourth-order valence-electron chi connectivity index (χ4n) is 3.12. The van der Waals surface area contributed by atoms with E-state index in [1.807, 2.05) is 18.2 Å². The van der Waals surface area contributed by atoms with E-state index in [9.17, 15) is 0 Å². The maximum atomic E-state index is 6.27. The van der Waals surface area contributed by atoms with Crippen molar-refractivity contribution in [2.75, 3.05) is 31.1 Å². The van der Waals surface area contributed by atoms with Crippen LogP contribution < -0.4 is 5.73 Å². The van der Waals surface area contributed by atoms with Crippen molar-refractivity contribution < 1.29 is 0 Å². The van der Waals surface area contributed by atoms with Gasteiger partial charge in [-0.25, -0.2) is 9.97 Å². The summed E-state index contributed by atoms with van der Waals surface area (Å²) in [5, 5.41) is 3.90. The summed E-state index contributed by atoms with van der Waals surface area (Å²) >= 11 is 3.35. The number of thiophene rings is 1. The second-order valence-corrected chi connectivity index (χ2v) is 7.90. The molecule has 0 unspecified atom stereocenters. The van der Waals surface area contributed by atoms with Crippen molar-refractivity contribution in [2.45, 2.75) is 18.0 Å². The van der Waals surface area contributed by atoms with Crippen LogP contribution in [-0.2, 0) is 0 Å². The van der Waals surface area contributed by atoms with Crippen molar-refractivity contribution in [2.24, 2.45) is 0 Å². The Hall–Kier alpha value is -1.63. The Morgan fingerprint density at radius 2 is 1.92 bits per heavy atom. The van der Waals surface area contributed by atoms with Gasteiger partial charge in [-0.1, -0.05) is 42.1 Å². The fourth-order valence-corrected chi connectivity index (χ4v) is 4.98. The minimum absolute atomic E-state index is 0.587. The van der Waals surface area contributed by atoms with Gasteiger partial charge in [0.15, 0.2) is 5.16 Å². The number of rotatable bonds is 5. The molecule has 0 spiro atoms. The predicted molar refractivity (Wildman–Crippen MR) is 104 cm³/mol. The van der Waals surface area contributed by atoms with Gasteiger partial charge in [-0.3, -0.25) is 0 Å². The summed E-state index contributed by atoms with van der Waals surface area (Å²) in [5.74, 6) is 1.60. The largest absolute Gasteiger partial charge is 0.383 e. The number of thioether (sulfide) groups is 1. The summed E-state index contributed by atoms with van der Waals surface area (Å²) < 4.78 is 0. The minimum atomic E-state index is 0.587. The van der Waals surface area contributed by atoms with Gasteiger partial charge in [-0.2, -0.15) is 0 Å². The fraction of sp³-hybridized carbons (Fsp3) is 0.333. The number of nitrogen functional groups attached to an aromatic ring is 1. The second kappa shape index (κ2) is 7.09. The first-order valence-corrected chi connectivity index (χ1v) is 10.1. The summed E-state index contributed by atoms with van der Waals surface area (Å²) in [4.78, 5) is 12.7. The van der Waals surface area contributed by atoms with Gasteiger partial charge in [0.2, 0.25) is 0 Å². The van der Waals surface area contributed by atoms with Gasteiger partial charge in [-0.05, 0) is 31.5 Å². The Bertz CT molecular complexity index is 826. The molecule has 1 aliphatic heterocycles. The maximum absolute atomic E-state index is 6.27. The number of fused-ring (bicyclic) bond motifs is 1. The molecule has 0 saturated carbocycles. The van der Waals surface area contributed by atoms with Crippen LogP contribution in [-0.4, -0.2) is 40.3 Å². The number of hydrogen-bond donors (Lipinski definition) is 1. The lowest BCUT2D eigenvalue weighted by Crippen LogP contribution is -2.21. The zero-order valence-electron chi connectivity index (χ0n) is 13.4. The van der Waals surface area contributed by atoms with Crippen molar-refractivity contribution >= 4 is 39.1 Å². The van der Waals surface area contributed by atoms with Gasteiger partial charge >= 0.3 is 0 Å². The average molecular weight is 357 g/mol. The highest BCUT2D eigenvalue weighted by Crippen LogP contribution is 2.36. The first-order chi connectivity index (χ1) is 11.8. The van der Waals surface area contributed by atoms with E-state index in [4.69, 9.17) is 10.7 Å². The molecule has 6 heteroatoms. The number of benzene rings is 1. The summed E-state index contributed by atoms with van der Waals surface area (Å²) in [5.41, 5.74) is 8.55. The lowest BCUT2D eigenvalue weighted by Gasteiger charge is -2.13. The molecular formula is C18H20N4S2. The molecule has 124 valence electrons. The van der Waals surface area contributed by atoms with E-state index in [-0.39, 0.29) is 0 Å². The predicted octanol–water partition coefficient (Wildman–Crippen LogP) is 4.13. The molecule has 3 aromatic rings. The number of anilines is 1. The van der Waals surface area contributed by atoms with E-state index >= 15 is 0 Å². The third-order valence-electron chi connectivity index (χ3n) is 4.36. The quantitative estimate of drug-likeness (QED) is 0.550. The van der Waals surface area contributed by atoms with E-state index in [2.05, 4.69) is 27.4 Å². The molecule has 3 heterocycles. The molecule has 1 saturated heterocycles. The van der Waals surface area contributed by atoms with Gasteiger partial charge in [0.1, 0.15) is 10.6 Å². The molecule has 1 fully saturated rings. The van der Waals surface area contributed by atoms with Crippen molar-refractivity contribution in [3.8, 4) is 11.1 Å². The Balaban J connectivity index is 1.55. The van der Waals surface area contributed by atoms with Crippen molar-refractivity contribution in [3.05, 3.63) is 35.7 Å². The van der Waals surface area contributed by atoms with Gasteiger partial charge in [-0.15, -0.1) is 11.3 Å². The molecule has 1 aromatic carbocycles. The van der Waals surface area contributed by atoms with Gasteiger partial charge in [0.25, 0.3) is 0 Å². The normalized spacial score (nSPS) is 15.3. The number of likely N-dealkylation sites (tertiary alicyclic amines) is 1. The molecule has 0 aliphatic carbocycles. The molecular weight excluding hydrogens is 336 g/mol.